The Labute approximate surface area is 291 Å². The van der Waals surface area contributed by atoms with Crippen LogP contribution in [0.3, 0.4) is 0 Å². The van der Waals surface area contributed by atoms with Gasteiger partial charge >= 0.3 is 11.9 Å². The molecule has 0 radical (unpaired) electrons. The molecule has 0 spiro atoms. The van der Waals surface area contributed by atoms with Crippen molar-refractivity contribution in [2.24, 2.45) is 0 Å². The predicted octanol–water partition coefficient (Wildman–Crippen LogP) is 4.93. The zero-order chi connectivity index (χ0) is 36.8. The van der Waals surface area contributed by atoms with E-state index in [4.69, 9.17) is 9.47 Å². The molecule has 1 heterocycles. The summed E-state index contributed by atoms with van der Waals surface area (Å²) in [6.45, 7) is 3.34. The van der Waals surface area contributed by atoms with Gasteiger partial charge in [0, 0.05) is 6.07 Å². The van der Waals surface area contributed by atoms with Gasteiger partial charge in [-0.15, -0.1) is 0 Å². The number of carboxylic acids is 1. The number of aryl methyl sites for hydroxylation is 2. The molecule has 3 rings (SSSR count). The van der Waals surface area contributed by atoms with Crippen LogP contribution in [0, 0.1) is 0 Å². The third-order valence-corrected chi connectivity index (χ3v) is 8.22. The molecule has 5 unspecified atom stereocenters. The van der Waals surface area contributed by atoms with E-state index in [9.17, 15) is 50.4 Å². The molecular weight excluding hydrogens is 648 g/mol. The molecular formula is C38H48O12. The highest BCUT2D eigenvalue weighted by atomic mass is 16.5. The van der Waals surface area contributed by atoms with Gasteiger partial charge in [0.25, 0.3) is 0 Å². The number of rotatable bonds is 17. The Bertz CT molecular complexity index is 1570. The number of aliphatic hydroxyl groups is 4. The second kappa shape index (κ2) is 19.7. The number of hydrogen-bond donors (Lipinski definition) is 8. The Morgan fingerprint density at radius 1 is 0.740 bits per heavy atom. The summed E-state index contributed by atoms with van der Waals surface area (Å²) in [6, 6.07) is 3.46. The van der Waals surface area contributed by atoms with Crippen LogP contribution in [0.2, 0.25) is 0 Å². The normalized spacial score (nSPS) is 21.2. The Kier molecular flexibility index (Phi) is 15.7. The van der Waals surface area contributed by atoms with Gasteiger partial charge in [0.05, 0.1) is 12.2 Å². The summed E-state index contributed by atoms with van der Waals surface area (Å²) < 4.78 is 11.1. The van der Waals surface area contributed by atoms with Crippen molar-refractivity contribution in [1.29, 1.82) is 0 Å². The van der Waals surface area contributed by atoms with Crippen molar-refractivity contribution in [1.82, 2.24) is 0 Å². The maximum atomic E-state index is 13.8. The molecule has 1 aliphatic heterocycles. The van der Waals surface area contributed by atoms with Gasteiger partial charge in [-0.1, -0.05) is 75.3 Å². The van der Waals surface area contributed by atoms with Crippen molar-refractivity contribution in [2.75, 3.05) is 6.61 Å². The first kappa shape index (κ1) is 40.0. The average molecular weight is 697 g/mol. The minimum absolute atomic E-state index is 0.131. The lowest BCUT2D eigenvalue weighted by atomic mass is 9.87. The number of benzene rings is 2. The van der Waals surface area contributed by atoms with Crippen LogP contribution in [0.5, 0.6) is 23.0 Å². The molecule has 1 saturated heterocycles. The molecule has 50 heavy (non-hydrogen) atoms. The van der Waals surface area contributed by atoms with Crippen LogP contribution >= 0.6 is 0 Å². The molecule has 12 heteroatoms. The predicted molar refractivity (Wildman–Crippen MR) is 186 cm³/mol. The summed E-state index contributed by atoms with van der Waals surface area (Å²) in [6.07, 6.45) is 11.5. The number of ether oxygens (including phenoxy) is 2. The van der Waals surface area contributed by atoms with Crippen LogP contribution in [0.4, 0.5) is 0 Å². The number of phenolic OH excluding ortho intramolecular Hbond substituents is 2. The molecule has 0 aliphatic carbocycles. The number of unbranched alkanes of at least 4 members (excludes halogenated alkanes) is 2. The van der Waals surface area contributed by atoms with E-state index in [0.29, 0.717) is 12.8 Å². The van der Waals surface area contributed by atoms with Crippen LogP contribution < -0.4 is 4.74 Å². The van der Waals surface area contributed by atoms with E-state index in [1.807, 2.05) is 48.6 Å². The molecule has 2 aromatic carbocycles. The molecule has 0 bridgehead atoms. The summed E-state index contributed by atoms with van der Waals surface area (Å²) >= 11 is 0. The summed E-state index contributed by atoms with van der Waals surface area (Å²) in [7, 11) is 0. The lowest BCUT2D eigenvalue weighted by Crippen LogP contribution is -2.55. The van der Waals surface area contributed by atoms with E-state index in [1.165, 1.54) is 12.1 Å². The summed E-state index contributed by atoms with van der Waals surface area (Å²) in [5, 5.41) is 83.9. The molecule has 1 fully saturated rings. The van der Waals surface area contributed by atoms with Gasteiger partial charge in [-0.3, -0.25) is 0 Å². The first-order chi connectivity index (χ1) is 24.0. The van der Waals surface area contributed by atoms with Crippen LogP contribution in [-0.2, 0) is 17.6 Å². The van der Waals surface area contributed by atoms with E-state index in [0.717, 1.165) is 31.7 Å². The minimum atomic E-state index is -1.88. The first-order valence-electron chi connectivity index (χ1n) is 16.8. The quantitative estimate of drug-likeness (QED) is 0.0628. The number of carbonyl (C=O) groups excluding carboxylic acids is 1. The van der Waals surface area contributed by atoms with Gasteiger partial charge in [-0.05, 0) is 61.8 Å². The fourth-order valence-electron chi connectivity index (χ4n) is 5.60. The van der Waals surface area contributed by atoms with E-state index in [2.05, 4.69) is 13.8 Å². The van der Waals surface area contributed by atoms with Crippen LogP contribution in [-0.4, -0.2) is 83.8 Å². The average Bonchev–Trinajstić information content (AvgIpc) is 3.06. The standard InChI is InChI=1S/C38H48O12/c1-3-5-7-9-11-13-15-17-23-19-25(21-27(41)29(23)37(46)47)49-38(48)30-24(18-16-14-12-10-8-6-4-2)20-26(40)31(33(30)43)36-35(45)34(44)32(42)28(22-39)50-36/h7-14,19-21,28,32,34-36,39-45H,3-6,15-18,22H2,1-2H3,(H,46,47). The molecule has 8 N–H and O–H groups in total. The van der Waals surface area contributed by atoms with Crippen LogP contribution in [0.15, 0.2) is 66.8 Å². The second-order valence-corrected chi connectivity index (χ2v) is 12.0. The maximum absolute atomic E-state index is 13.8. The topological polar surface area (TPSA) is 214 Å². The molecule has 0 saturated carbocycles. The fourth-order valence-corrected chi connectivity index (χ4v) is 5.60. The van der Waals surface area contributed by atoms with Gasteiger partial charge in [-0.2, -0.15) is 0 Å². The number of aliphatic hydroxyl groups excluding tert-OH is 4. The van der Waals surface area contributed by atoms with Gasteiger partial charge < -0.3 is 50.3 Å². The zero-order valence-corrected chi connectivity index (χ0v) is 28.3. The van der Waals surface area contributed by atoms with E-state index in [1.54, 1.807) is 0 Å². The van der Waals surface area contributed by atoms with Crippen molar-refractivity contribution in [3.05, 3.63) is 94.6 Å². The van der Waals surface area contributed by atoms with Gasteiger partial charge in [0.2, 0.25) is 0 Å². The molecule has 272 valence electrons. The van der Waals surface area contributed by atoms with Crippen molar-refractivity contribution in [3.63, 3.8) is 0 Å². The highest BCUT2D eigenvalue weighted by Gasteiger charge is 2.46. The van der Waals surface area contributed by atoms with Crippen LogP contribution in [0.1, 0.15) is 95.9 Å². The highest BCUT2D eigenvalue weighted by Crippen LogP contribution is 2.45. The number of esters is 1. The second-order valence-electron chi connectivity index (χ2n) is 12.0. The van der Waals surface area contributed by atoms with Gasteiger partial charge in [0.1, 0.15) is 64.6 Å². The number of hydrogen-bond acceptors (Lipinski definition) is 11. The number of phenols is 3. The number of carbonyl (C=O) groups is 2. The monoisotopic (exact) mass is 696 g/mol. The first-order valence-corrected chi connectivity index (χ1v) is 16.8. The number of aromatic hydroxyl groups is 3. The van der Waals surface area contributed by atoms with Crippen molar-refractivity contribution >= 4 is 11.9 Å². The largest absolute Gasteiger partial charge is 0.507 e. The van der Waals surface area contributed by atoms with Crippen molar-refractivity contribution < 1.29 is 59.9 Å². The van der Waals surface area contributed by atoms with E-state index >= 15 is 0 Å². The molecule has 1 aliphatic rings. The van der Waals surface area contributed by atoms with E-state index < -0.39 is 77.4 Å². The zero-order valence-electron chi connectivity index (χ0n) is 28.3. The highest BCUT2D eigenvalue weighted by molar-refractivity contribution is 5.97. The number of aromatic carboxylic acids is 1. The van der Waals surface area contributed by atoms with Gasteiger partial charge in [-0.25, -0.2) is 9.59 Å². The maximum Gasteiger partial charge on any atom is 0.347 e. The molecule has 0 aromatic heterocycles. The number of carboxylic acid groups (broad SMARTS) is 1. The lowest BCUT2D eigenvalue weighted by Gasteiger charge is -2.40. The van der Waals surface area contributed by atoms with Gasteiger partial charge in [0.15, 0.2) is 0 Å². The third kappa shape index (κ3) is 10.3. The Hall–Kier alpha value is -4.46. The molecule has 2 aromatic rings. The molecule has 0 amide bonds. The Morgan fingerprint density at radius 3 is 1.80 bits per heavy atom. The summed E-state index contributed by atoms with van der Waals surface area (Å²) in [5.41, 5.74) is -0.915. The Balaban J connectivity index is 2.03. The lowest BCUT2D eigenvalue weighted by molar-refractivity contribution is -0.232. The van der Waals surface area contributed by atoms with E-state index in [-0.39, 0.29) is 35.3 Å². The third-order valence-electron chi connectivity index (χ3n) is 8.22. The van der Waals surface area contributed by atoms with Crippen molar-refractivity contribution in [3.8, 4) is 23.0 Å². The smallest absolute Gasteiger partial charge is 0.347 e. The van der Waals surface area contributed by atoms with Crippen LogP contribution in [0.25, 0.3) is 0 Å². The fraction of sp³-hybridized carbons (Fsp3) is 0.421. The van der Waals surface area contributed by atoms with Crippen molar-refractivity contribution in [2.45, 2.75) is 95.7 Å². The SMILES string of the molecule is CCCC=CC=CCCc1cc(OC(=O)c2c(CCC=CC=CCCC)cc(O)c(C3OC(CO)C(O)C(O)C3O)c2O)cc(O)c1C(=O)O. The summed E-state index contributed by atoms with van der Waals surface area (Å²) in [5.74, 6) is -4.79. The minimum Gasteiger partial charge on any atom is -0.507 e. The number of allylic oxidation sites excluding steroid dienone is 8. The molecule has 12 nitrogen and oxygen atoms in total. The molecule has 5 atom stereocenters. The Morgan fingerprint density at radius 2 is 1.28 bits per heavy atom. The summed E-state index contributed by atoms with van der Waals surface area (Å²) in [4.78, 5) is 25.8.